The first kappa shape index (κ1) is 7.50. The lowest BCUT2D eigenvalue weighted by Gasteiger charge is -2.24. The molecule has 0 aromatic carbocycles. The van der Waals surface area contributed by atoms with E-state index in [1.807, 2.05) is 0 Å². The Kier molecular flexibility index (Phi) is 1.65. The molecule has 0 radical (unpaired) electrons. The highest BCUT2D eigenvalue weighted by Crippen LogP contribution is 2.46. The lowest BCUT2D eigenvalue weighted by atomic mass is 9.82. The maximum Gasteiger partial charge on any atom is 0.101 e. The van der Waals surface area contributed by atoms with E-state index in [-0.39, 0.29) is 12.0 Å². The van der Waals surface area contributed by atoms with Crippen molar-refractivity contribution in [2.75, 3.05) is 19.7 Å². The Bertz CT molecular complexity index is 164. The average Bonchev–Trinajstić information content (AvgIpc) is 2.43. The third-order valence-corrected chi connectivity index (χ3v) is 3.22. The van der Waals surface area contributed by atoms with Gasteiger partial charge < -0.3 is 10.4 Å². The van der Waals surface area contributed by atoms with E-state index in [0.717, 1.165) is 13.1 Å². The maximum absolute atomic E-state index is 12.9. The number of fused-ring (bicyclic) bond motifs is 1. The molecule has 11 heavy (non-hydrogen) atoms. The Balaban J connectivity index is 2.15. The van der Waals surface area contributed by atoms with Gasteiger partial charge in [0.15, 0.2) is 0 Å². The smallest absolute Gasteiger partial charge is 0.101 e. The van der Waals surface area contributed by atoms with E-state index in [0.29, 0.717) is 18.8 Å². The number of aliphatic hydroxyl groups excluding tert-OH is 1. The summed E-state index contributed by atoms with van der Waals surface area (Å²) < 4.78 is 12.9. The summed E-state index contributed by atoms with van der Waals surface area (Å²) in [5, 5.41) is 12.3. The molecule has 0 spiro atoms. The molecule has 1 saturated carbocycles. The zero-order valence-electron chi connectivity index (χ0n) is 6.52. The zero-order chi connectivity index (χ0) is 7.90. The van der Waals surface area contributed by atoms with E-state index in [1.165, 1.54) is 0 Å². The highest BCUT2D eigenvalue weighted by molar-refractivity contribution is 5.01. The fourth-order valence-corrected chi connectivity index (χ4v) is 2.51. The van der Waals surface area contributed by atoms with E-state index in [1.54, 1.807) is 0 Å². The first-order chi connectivity index (χ1) is 5.27. The molecule has 1 aliphatic carbocycles. The Morgan fingerprint density at radius 2 is 2.45 bits per heavy atom. The topological polar surface area (TPSA) is 32.3 Å². The lowest BCUT2D eigenvalue weighted by Crippen LogP contribution is -2.30. The molecular formula is C8H14FNO. The maximum atomic E-state index is 12.9. The van der Waals surface area contributed by atoms with Crippen LogP contribution in [0.15, 0.2) is 0 Å². The number of hydrogen-bond donors (Lipinski definition) is 2. The van der Waals surface area contributed by atoms with Gasteiger partial charge in [-0.3, -0.25) is 0 Å². The Labute approximate surface area is 65.8 Å². The first-order valence-electron chi connectivity index (χ1n) is 4.22. The van der Waals surface area contributed by atoms with Gasteiger partial charge in [-0.25, -0.2) is 4.39 Å². The predicted molar refractivity (Wildman–Crippen MR) is 40.0 cm³/mol. The Hall–Kier alpha value is -0.150. The van der Waals surface area contributed by atoms with Crippen molar-refractivity contribution >= 4 is 0 Å². The summed E-state index contributed by atoms with van der Waals surface area (Å²) in [6.07, 6.45) is 0.531. The SMILES string of the molecule is OCC12CNCC1C[C@@H](F)C2. The highest BCUT2D eigenvalue weighted by Gasteiger charge is 2.49. The van der Waals surface area contributed by atoms with Crippen molar-refractivity contribution in [3.8, 4) is 0 Å². The number of aliphatic hydroxyl groups is 1. The summed E-state index contributed by atoms with van der Waals surface area (Å²) in [4.78, 5) is 0. The fourth-order valence-electron chi connectivity index (χ4n) is 2.51. The second-order valence-corrected chi connectivity index (χ2v) is 3.89. The largest absolute Gasteiger partial charge is 0.396 e. The van der Waals surface area contributed by atoms with E-state index < -0.39 is 6.17 Å². The van der Waals surface area contributed by atoms with Crippen LogP contribution >= 0.6 is 0 Å². The van der Waals surface area contributed by atoms with E-state index in [9.17, 15) is 4.39 Å². The minimum absolute atomic E-state index is 0.112. The van der Waals surface area contributed by atoms with Gasteiger partial charge in [0.25, 0.3) is 0 Å². The molecular weight excluding hydrogens is 145 g/mol. The third kappa shape index (κ3) is 0.983. The Morgan fingerprint density at radius 3 is 3.09 bits per heavy atom. The van der Waals surface area contributed by atoms with Crippen molar-refractivity contribution in [3.05, 3.63) is 0 Å². The van der Waals surface area contributed by atoms with Gasteiger partial charge in [0.1, 0.15) is 6.17 Å². The highest BCUT2D eigenvalue weighted by atomic mass is 19.1. The van der Waals surface area contributed by atoms with E-state index in [2.05, 4.69) is 5.32 Å². The molecule has 3 atom stereocenters. The number of halogens is 1. The van der Waals surface area contributed by atoms with Crippen LogP contribution in [0.5, 0.6) is 0 Å². The second kappa shape index (κ2) is 2.42. The molecule has 0 aromatic heterocycles. The third-order valence-electron chi connectivity index (χ3n) is 3.22. The number of nitrogens with one attached hydrogen (secondary N) is 1. The van der Waals surface area contributed by atoms with Crippen LogP contribution in [-0.2, 0) is 0 Å². The summed E-state index contributed by atoms with van der Waals surface area (Å²) in [6.45, 7) is 1.83. The summed E-state index contributed by atoms with van der Waals surface area (Å²) in [5.74, 6) is 0.377. The number of rotatable bonds is 1. The van der Waals surface area contributed by atoms with Gasteiger partial charge in [-0.1, -0.05) is 0 Å². The molecule has 2 aliphatic rings. The van der Waals surface area contributed by atoms with Crippen LogP contribution in [-0.4, -0.2) is 31.0 Å². The Morgan fingerprint density at radius 1 is 1.64 bits per heavy atom. The standard InChI is InChI=1S/C8H14FNO/c9-7-1-6-3-10-4-8(6,2-7)5-11/h6-7,10-11H,1-5H2/t6?,7-,8?/m1/s1. The minimum Gasteiger partial charge on any atom is -0.396 e. The van der Waals surface area contributed by atoms with Crippen molar-refractivity contribution < 1.29 is 9.50 Å². The molecule has 64 valence electrons. The molecule has 0 amide bonds. The number of alkyl halides is 1. The van der Waals surface area contributed by atoms with Gasteiger partial charge >= 0.3 is 0 Å². The summed E-state index contributed by atoms with van der Waals surface area (Å²) >= 11 is 0. The van der Waals surface area contributed by atoms with Gasteiger partial charge in [-0.15, -0.1) is 0 Å². The normalized spacial score (nSPS) is 49.6. The van der Waals surface area contributed by atoms with Crippen LogP contribution in [0.4, 0.5) is 4.39 Å². The van der Waals surface area contributed by atoms with Crippen LogP contribution in [0.2, 0.25) is 0 Å². The van der Waals surface area contributed by atoms with Crippen LogP contribution in [0.1, 0.15) is 12.8 Å². The fraction of sp³-hybridized carbons (Fsp3) is 1.00. The quantitative estimate of drug-likeness (QED) is 0.577. The van der Waals surface area contributed by atoms with Crippen LogP contribution in [0.25, 0.3) is 0 Å². The van der Waals surface area contributed by atoms with Gasteiger partial charge in [-0.05, 0) is 25.3 Å². The van der Waals surface area contributed by atoms with Gasteiger partial charge in [0.2, 0.25) is 0 Å². The molecule has 2 unspecified atom stereocenters. The van der Waals surface area contributed by atoms with Gasteiger partial charge in [0, 0.05) is 12.0 Å². The molecule has 2 rings (SSSR count). The van der Waals surface area contributed by atoms with Crippen molar-refractivity contribution in [3.63, 3.8) is 0 Å². The average molecular weight is 159 g/mol. The summed E-state index contributed by atoms with van der Waals surface area (Å²) in [7, 11) is 0. The van der Waals surface area contributed by atoms with Crippen molar-refractivity contribution in [1.29, 1.82) is 0 Å². The molecule has 3 heteroatoms. The molecule has 1 heterocycles. The summed E-state index contributed by atoms with van der Waals surface area (Å²) in [5.41, 5.74) is -0.112. The first-order valence-corrected chi connectivity index (χ1v) is 4.22. The molecule has 0 aromatic rings. The minimum atomic E-state index is -0.672. The molecule has 2 nitrogen and oxygen atoms in total. The van der Waals surface area contributed by atoms with Crippen molar-refractivity contribution in [2.45, 2.75) is 19.0 Å². The van der Waals surface area contributed by atoms with Crippen LogP contribution in [0, 0.1) is 11.3 Å². The predicted octanol–water partition coefficient (Wildman–Crippen LogP) is 0.316. The number of hydrogen-bond acceptors (Lipinski definition) is 2. The van der Waals surface area contributed by atoms with E-state index >= 15 is 0 Å². The van der Waals surface area contributed by atoms with Gasteiger partial charge in [0.05, 0.1) is 6.61 Å². The zero-order valence-corrected chi connectivity index (χ0v) is 6.52. The molecule has 2 fully saturated rings. The summed E-state index contributed by atoms with van der Waals surface area (Å²) in [6, 6.07) is 0. The molecule has 2 N–H and O–H groups in total. The molecule has 1 aliphatic heterocycles. The second-order valence-electron chi connectivity index (χ2n) is 3.89. The van der Waals surface area contributed by atoms with E-state index in [4.69, 9.17) is 5.11 Å². The lowest BCUT2D eigenvalue weighted by molar-refractivity contribution is 0.115. The van der Waals surface area contributed by atoms with Crippen LogP contribution < -0.4 is 5.32 Å². The molecule has 1 saturated heterocycles. The van der Waals surface area contributed by atoms with Gasteiger partial charge in [-0.2, -0.15) is 0 Å². The van der Waals surface area contributed by atoms with Crippen LogP contribution in [0.3, 0.4) is 0 Å². The van der Waals surface area contributed by atoms with Crippen molar-refractivity contribution in [1.82, 2.24) is 5.32 Å². The molecule has 0 bridgehead atoms. The monoisotopic (exact) mass is 159 g/mol. The van der Waals surface area contributed by atoms with Crippen molar-refractivity contribution in [2.24, 2.45) is 11.3 Å².